The Morgan fingerprint density at radius 2 is 1.74 bits per heavy atom. The average molecular weight is 439 g/mol. The number of rotatable bonds is 4. The number of pyridine rings is 1. The molecule has 0 aliphatic carbocycles. The van der Waals surface area contributed by atoms with Gasteiger partial charge in [0.15, 0.2) is 9.84 Å². The average Bonchev–Trinajstić information content (AvgIpc) is 3.15. The van der Waals surface area contributed by atoms with Gasteiger partial charge in [-0.3, -0.25) is 9.78 Å². The molecular formula is C24H23FN2O3S. The molecule has 0 saturated carbocycles. The molecule has 4 rings (SSSR count). The summed E-state index contributed by atoms with van der Waals surface area (Å²) in [7, 11) is -3.48. The summed E-state index contributed by atoms with van der Waals surface area (Å²) in [4.78, 5) is 19.6. The summed E-state index contributed by atoms with van der Waals surface area (Å²) in [5.41, 5.74) is 2.07. The summed E-state index contributed by atoms with van der Waals surface area (Å²) < 4.78 is 38.5. The van der Waals surface area contributed by atoms with Crippen molar-refractivity contribution in [3.8, 4) is 11.1 Å². The number of amides is 1. The van der Waals surface area contributed by atoms with Crippen molar-refractivity contribution in [3.63, 3.8) is 0 Å². The third kappa shape index (κ3) is 4.23. The van der Waals surface area contributed by atoms with E-state index in [4.69, 9.17) is 0 Å². The van der Waals surface area contributed by atoms with Crippen LogP contribution >= 0.6 is 0 Å². The fourth-order valence-electron chi connectivity index (χ4n) is 3.70. The molecule has 2 heterocycles. The van der Waals surface area contributed by atoms with Gasteiger partial charge in [0, 0.05) is 18.4 Å². The van der Waals surface area contributed by atoms with Crippen molar-refractivity contribution < 1.29 is 17.6 Å². The number of hydrogen-bond acceptors (Lipinski definition) is 4. The van der Waals surface area contributed by atoms with E-state index >= 15 is 0 Å². The van der Waals surface area contributed by atoms with Crippen LogP contribution in [0.2, 0.25) is 0 Å². The minimum atomic E-state index is -3.48. The van der Waals surface area contributed by atoms with E-state index in [1.165, 1.54) is 26.0 Å². The number of sulfone groups is 1. The van der Waals surface area contributed by atoms with Crippen molar-refractivity contribution in [2.24, 2.45) is 0 Å². The van der Waals surface area contributed by atoms with Crippen LogP contribution < -0.4 is 0 Å². The van der Waals surface area contributed by atoms with Gasteiger partial charge in [0.25, 0.3) is 5.91 Å². The summed E-state index contributed by atoms with van der Waals surface area (Å²) in [5.74, 6) is -0.289. The maximum atomic E-state index is 14.3. The van der Waals surface area contributed by atoms with Crippen LogP contribution in [0.25, 0.3) is 11.1 Å². The van der Waals surface area contributed by atoms with E-state index in [1.807, 2.05) is 30.3 Å². The second kappa shape index (κ2) is 7.57. The van der Waals surface area contributed by atoms with Crippen LogP contribution in [0.3, 0.4) is 0 Å². The molecule has 2 aromatic carbocycles. The monoisotopic (exact) mass is 438 g/mol. The molecule has 1 aliphatic heterocycles. The van der Waals surface area contributed by atoms with E-state index in [9.17, 15) is 17.6 Å². The minimum absolute atomic E-state index is 0.0897. The summed E-state index contributed by atoms with van der Waals surface area (Å²) in [6, 6.07) is 17.4. The molecule has 0 unspecified atom stereocenters. The highest BCUT2D eigenvalue weighted by atomic mass is 32.2. The zero-order valence-electron chi connectivity index (χ0n) is 17.6. The first-order valence-corrected chi connectivity index (χ1v) is 11.8. The largest absolute Gasteiger partial charge is 0.328 e. The molecule has 0 atom stereocenters. The van der Waals surface area contributed by atoms with Crippen molar-refractivity contribution in [3.05, 3.63) is 83.2 Å². The molecule has 3 aromatic rings. The molecule has 0 spiro atoms. The highest BCUT2D eigenvalue weighted by molar-refractivity contribution is 7.90. The third-order valence-electron chi connectivity index (χ3n) is 5.40. The molecule has 1 aliphatic rings. The van der Waals surface area contributed by atoms with Crippen LogP contribution in [0.15, 0.2) is 65.6 Å². The van der Waals surface area contributed by atoms with Crippen LogP contribution in [0.1, 0.15) is 41.2 Å². The summed E-state index contributed by atoms with van der Waals surface area (Å²) >= 11 is 0. The fourth-order valence-corrected chi connectivity index (χ4v) is 4.35. The first-order chi connectivity index (χ1) is 14.5. The van der Waals surface area contributed by atoms with Gasteiger partial charge in [-0.05, 0) is 48.7 Å². The number of halogens is 1. The predicted octanol–water partition coefficient (Wildman–Crippen LogP) is 4.51. The van der Waals surface area contributed by atoms with Crippen LogP contribution in [0, 0.1) is 0 Å². The first-order valence-electron chi connectivity index (χ1n) is 9.91. The van der Waals surface area contributed by atoms with E-state index in [2.05, 4.69) is 4.98 Å². The van der Waals surface area contributed by atoms with E-state index in [0.29, 0.717) is 29.1 Å². The summed E-state index contributed by atoms with van der Waals surface area (Å²) in [6.07, 6.45) is 1.12. The Morgan fingerprint density at radius 3 is 2.39 bits per heavy atom. The number of carbonyl (C=O) groups is 1. The SMILES string of the molecule is CC(C)(F)c1ccc2c(n1)CN(C(=O)c1cc(S(C)(=O)=O)ccc1-c1ccccc1)C2. The lowest BCUT2D eigenvalue weighted by atomic mass is 9.99. The van der Waals surface area contributed by atoms with Crippen molar-refractivity contribution in [1.82, 2.24) is 9.88 Å². The Kier molecular flexibility index (Phi) is 5.17. The number of carbonyl (C=O) groups excluding carboxylic acids is 1. The lowest BCUT2D eigenvalue weighted by Gasteiger charge is -2.18. The summed E-state index contributed by atoms with van der Waals surface area (Å²) in [6.45, 7) is 3.48. The molecule has 1 amide bonds. The van der Waals surface area contributed by atoms with E-state index < -0.39 is 15.5 Å². The van der Waals surface area contributed by atoms with Crippen LogP contribution in [-0.4, -0.2) is 30.5 Å². The molecule has 1 aromatic heterocycles. The molecular weight excluding hydrogens is 415 g/mol. The number of hydrogen-bond donors (Lipinski definition) is 0. The Balaban J connectivity index is 1.74. The minimum Gasteiger partial charge on any atom is -0.328 e. The number of aromatic nitrogens is 1. The lowest BCUT2D eigenvalue weighted by Crippen LogP contribution is -2.26. The molecule has 31 heavy (non-hydrogen) atoms. The molecule has 7 heteroatoms. The zero-order chi connectivity index (χ0) is 22.4. The number of nitrogens with zero attached hydrogens (tertiary/aromatic N) is 2. The standard InChI is InChI=1S/C24H23FN2O3S/c1-24(2,25)22-12-9-17-14-27(15-21(17)26-22)23(28)20-13-18(31(3,29)30)10-11-19(20)16-7-5-4-6-8-16/h4-13H,14-15H2,1-3H3. The van der Waals surface area contributed by atoms with Gasteiger partial charge < -0.3 is 4.90 Å². The van der Waals surface area contributed by atoms with Crippen molar-refractivity contribution in [2.45, 2.75) is 37.5 Å². The third-order valence-corrected chi connectivity index (χ3v) is 6.51. The predicted molar refractivity (Wildman–Crippen MR) is 117 cm³/mol. The van der Waals surface area contributed by atoms with Gasteiger partial charge in [-0.1, -0.05) is 42.5 Å². The molecule has 0 radical (unpaired) electrons. The van der Waals surface area contributed by atoms with Gasteiger partial charge in [-0.15, -0.1) is 0 Å². The fraction of sp³-hybridized carbons (Fsp3) is 0.250. The maximum absolute atomic E-state index is 14.3. The van der Waals surface area contributed by atoms with Crippen LogP contribution in [0.5, 0.6) is 0 Å². The highest BCUT2D eigenvalue weighted by Crippen LogP contribution is 2.32. The Morgan fingerprint density at radius 1 is 1.03 bits per heavy atom. The van der Waals surface area contributed by atoms with Crippen molar-refractivity contribution >= 4 is 15.7 Å². The quantitative estimate of drug-likeness (QED) is 0.601. The second-order valence-corrected chi connectivity index (χ2v) is 10.3. The van der Waals surface area contributed by atoms with Crippen molar-refractivity contribution in [1.29, 1.82) is 0 Å². The molecule has 0 N–H and O–H groups in total. The van der Waals surface area contributed by atoms with Gasteiger partial charge in [-0.25, -0.2) is 12.8 Å². The second-order valence-electron chi connectivity index (χ2n) is 8.28. The Hall–Kier alpha value is -3.06. The van der Waals surface area contributed by atoms with Gasteiger partial charge >= 0.3 is 0 Å². The van der Waals surface area contributed by atoms with Crippen LogP contribution in [0.4, 0.5) is 4.39 Å². The van der Waals surface area contributed by atoms with Crippen LogP contribution in [-0.2, 0) is 28.6 Å². The normalized spacial score (nSPS) is 13.9. The van der Waals surface area contributed by atoms with E-state index in [-0.39, 0.29) is 17.3 Å². The zero-order valence-corrected chi connectivity index (χ0v) is 18.4. The molecule has 160 valence electrons. The molecule has 0 fully saturated rings. The molecule has 5 nitrogen and oxygen atoms in total. The van der Waals surface area contributed by atoms with Crippen molar-refractivity contribution in [2.75, 3.05) is 6.26 Å². The Labute approximate surface area is 181 Å². The number of fused-ring (bicyclic) bond motifs is 1. The number of alkyl halides is 1. The van der Waals surface area contributed by atoms with E-state index in [0.717, 1.165) is 17.4 Å². The molecule has 0 bridgehead atoms. The van der Waals surface area contributed by atoms with Gasteiger partial charge in [0.1, 0.15) is 5.67 Å². The van der Waals surface area contributed by atoms with Gasteiger partial charge in [-0.2, -0.15) is 0 Å². The topological polar surface area (TPSA) is 67.3 Å². The smallest absolute Gasteiger partial charge is 0.255 e. The number of benzene rings is 2. The lowest BCUT2D eigenvalue weighted by molar-refractivity contribution is 0.0751. The molecule has 0 saturated heterocycles. The first kappa shape index (κ1) is 21.2. The highest BCUT2D eigenvalue weighted by Gasteiger charge is 2.30. The Bertz CT molecular complexity index is 1270. The summed E-state index contributed by atoms with van der Waals surface area (Å²) in [5, 5.41) is 0. The van der Waals surface area contributed by atoms with Gasteiger partial charge in [0.2, 0.25) is 0 Å². The maximum Gasteiger partial charge on any atom is 0.255 e. The van der Waals surface area contributed by atoms with Gasteiger partial charge in [0.05, 0.1) is 22.8 Å². The van der Waals surface area contributed by atoms with E-state index in [1.54, 1.807) is 23.1 Å².